The largest absolute Gasteiger partial charge is 0.102 e. The fraction of sp³-hybridized carbons (Fsp3) is 0.750. The van der Waals surface area contributed by atoms with E-state index in [0.29, 0.717) is 4.83 Å². The minimum atomic E-state index is 0.507. The Balaban J connectivity index is 3.33. The molecule has 0 saturated heterocycles. The van der Waals surface area contributed by atoms with E-state index < -0.39 is 0 Å². The molecule has 0 aromatic rings. The predicted octanol–water partition coefficient (Wildman–Crippen LogP) is 3.37. The zero-order valence-electron chi connectivity index (χ0n) is 6.23. The lowest BCUT2D eigenvalue weighted by molar-refractivity contribution is 0.530. The molecule has 0 aromatic heterocycles. The molecular weight excluding hydrogens is 176 g/mol. The van der Waals surface area contributed by atoms with Gasteiger partial charge in [-0.1, -0.05) is 42.3 Å². The highest BCUT2D eigenvalue weighted by atomic mass is 79.9. The van der Waals surface area contributed by atoms with Crippen LogP contribution in [0.3, 0.4) is 0 Å². The highest BCUT2D eigenvalue weighted by molar-refractivity contribution is 9.09. The molecule has 2 atom stereocenters. The van der Waals surface area contributed by atoms with Crippen molar-refractivity contribution in [1.82, 2.24) is 0 Å². The van der Waals surface area contributed by atoms with E-state index in [9.17, 15) is 0 Å². The third-order valence-electron chi connectivity index (χ3n) is 1.58. The van der Waals surface area contributed by atoms with Crippen molar-refractivity contribution >= 4 is 15.9 Å². The summed E-state index contributed by atoms with van der Waals surface area (Å²) >= 11 is 3.50. The Morgan fingerprint density at radius 3 is 2.56 bits per heavy atom. The van der Waals surface area contributed by atoms with Crippen LogP contribution in [0.25, 0.3) is 0 Å². The van der Waals surface area contributed by atoms with Crippen molar-refractivity contribution in [3.8, 4) is 0 Å². The van der Waals surface area contributed by atoms with E-state index in [1.54, 1.807) is 0 Å². The van der Waals surface area contributed by atoms with Gasteiger partial charge in [-0.2, -0.15) is 0 Å². The van der Waals surface area contributed by atoms with Gasteiger partial charge in [0.2, 0.25) is 0 Å². The summed E-state index contributed by atoms with van der Waals surface area (Å²) in [5, 5.41) is 0. The number of halogens is 1. The van der Waals surface area contributed by atoms with Gasteiger partial charge in [-0.05, 0) is 12.3 Å². The van der Waals surface area contributed by atoms with Crippen LogP contribution in [0.2, 0.25) is 0 Å². The van der Waals surface area contributed by atoms with Crippen molar-refractivity contribution < 1.29 is 0 Å². The Bertz CT molecular complexity index is 78.6. The first kappa shape index (κ1) is 9.22. The maximum Gasteiger partial charge on any atom is 0.0325 e. The van der Waals surface area contributed by atoms with Crippen molar-refractivity contribution in [2.75, 3.05) is 0 Å². The quantitative estimate of drug-likeness (QED) is 0.472. The van der Waals surface area contributed by atoms with Crippen molar-refractivity contribution in [2.24, 2.45) is 5.92 Å². The molecule has 0 fully saturated rings. The molecule has 0 aliphatic heterocycles. The highest BCUT2D eigenvalue weighted by Crippen LogP contribution is 2.15. The second-order valence-corrected chi connectivity index (χ2v) is 3.68. The van der Waals surface area contributed by atoms with E-state index in [2.05, 4.69) is 36.4 Å². The average Bonchev–Trinajstić information content (AvgIpc) is 1.87. The monoisotopic (exact) mass is 190 g/mol. The van der Waals surface area contributed by atoms with Crippen molar-refractivity contribution in [2.45, 2.75) is 31.5 Å². The van der Waals surface area contributed by atoms with E-state index in [4.69, 9.17) is 0 Å². The van der Waals surface area contributed by atoms with Gasteiger partial charge >= 0.3 is 0 Å². The Kier molecular flexibility index (Phi) is 5.16. The molecule has 0 amide bonds. The number of hydrogen-bond acceptors (Lipinski definition) is 0. The molecule has 1 heteroatoms. The normalized spacial score (nSPS) is 16.8. The maximum absolute atomic E-state index is 3.70. The Labute approximate surface area is 66.5 Å². The smallest absolute Gasteiger partial charge is 0.0325 e. The summed E-state index contributed by atoms with van der Waals surface area (Å²) in [6.45, 7) is 8.18. The molecule has 0 N–H and O–H groups in total. The summed E-state index contributed by atoms with van der Waals surface area (Å²) in [6.07, 6.45) is 4.42. The lowest BCUT2D eigenvalue weighted by atomic mass is 10.0. The van der Waals surface area contributed by atoms with Crippen LogP contribution in [0.15, 0.2) is 12.7 Å². The van der Waals surface area contributed by atoms with Crippen molar-refractivity contribution in [3.63, 3.8) is 0 Å². The van der Waals surface area contributed by atoms with Gasteiger partial charge in [0.25, 0.3) is 0 Å². The van der Waals surface area contributed by atoms with Crippen LogP contribution in [-0.2, 0) is 0 Å². The highest BCUT2D eigenvalue weighted by Gasteiger charge is 2.03. The van der Waals surface area contributed by atoms with Crippen LogP contribution in [0, 0.1) is 5.92 Å². The van der Waals surface area contributed by atoms with Gasteiger partial charge in [0.05, 0.1) is 0 Å². The number of rotatable bonds is 4. The van der Waals surface area contributed by atoms with Crippen molar-refractivity contribution in [3.05, 3.63) is 12.7 Å². The summed E-state index contributed by atoms with van der Waals surface area (Å²) < 4.78 is 0. The molecule has 0 spiro atoms. The second kappa shape index (κ2) is 5.04. The topological polar surface area (TPSA) is 0 Å². The lowest BCUT2D eigenvalue weighted by Crippen LogP contribution is -2.00. The zero-order valence-corrected chi connectivity index (χ0v) is 7.82. The number of allylic oxidation sites excluding steroid dienone is 1. The molecular formula is C8H15Br. The molecule has 0 nitrogen and oxygen atoms in total. The van der Waals surface area contributed by atoms with Crippen LogP contribution < -0.4 is 0 Å². The van der Waals surface area contributed by atoms with Gasteiger partial charge < -0.3 is 0 Å². The summed E-state index contributed by atoms with van der Waals surface area (Å²) in [7, 11) is 0. The van der Waals surface area contributed by atoms with Gasteiger partial charge in [-0.15, -0.1) is 6.58 Å². The molecule has 0 rings (SSSR count). The van der Waals surface area contributed by atoms with E-state index in [1.165, 1.54) is 12.8 Å². The first-order chi connectivity index (χ1) is 4.20. The zero-order chi connectivity index (χ0) is 7.28. The fourth-order valence-electron chi connectivity index (χ4n) is 0.647. The molecule has 9 heavy (non-hydrogen) atoms. The van der Waals surface area contributed by atoms with Crippen LogP contribution in [0.5, 0.6) is 0 Å². The maximum atomic E-state index is 3.70. The van der Waals surface area contributed by atoms with Gasteiger partial charge in [0, 0.05) is 4.83 Å². The Hall–Kier alpha value is 0.220. The molecule has 0 saturated carbocycles. The average molecular weight is 191 g/mol. The Morgan fingerprint density at radius 2 is 2.22 bits per heavy atom. The fourth-order valence-corrected chi connectivity index (χ4v) is 1.29. The standard InChI is InChI=1S/C8H15Br/c1-4-7(3)6-8(9)5-2/h5,7-8H,2,4,6H2,1,3H3/t7-,8?/m0/s1. The van der Waals surface area contributed by atoms with Crippen LogP contribution in [0.4, 0.5) is 0 Å². The summed E-state index contributed by atoms with van der Waals surface area (Å²) in [5.74, 6) is 0.812. The van der Waals surface area contributed by atoms with E-state index in [1.807, 2.05) is 6.08 Å². The van der Waals surface area contributed by atoms with E-state index in [0.717, 1.165) is 5.92 Å². The van der Waals surface area contributed by atoms with Gasteiger partial charge in [-0.25, -0.2) is 0 Å². The van der Waals surface area contributed by atoms with Crippen LogP contribution in [-0.4, -0.2) is 4.83 Å². The molecule has 0 aromatic carbocycles. The van der Waals surface area contributed by atoms with Gasteiger partial charge in [-0.3, -0.25) is 0 Å². The molecule has 0 aliphatic rings. The van der Waals surface area contributed by atoms with Crippen LogP contribution in [0.1, 0.15) is 26.7 Å². The van der Waals surface area contributed by atoms with Crippen LogP contribution >= 0.6 is 15.9 Å². The molecule has 54 valence electrons. The summed E-state index contributed by atoms with van der Waals surface area (Å²) in [6, 6.07) is 0. The van der Waals surface area contributed by atoms with E-state index >= 15 is 0 Å². The second-order valence-electron chi connectivity index (χ2n) is 2.50. The minimum Gasteiger partial charge on any atom is -0.102 e. The van der Waals surface area contributed by atoms with Gasteiger partial charge in [0.1, 0.15) is 0 Å². The third kappa shape index (κ3) is 4.71. The molecule has 0 radical (unpaired) electrons. The third-order valence-corrected chi connectivity index (χ3v) is 2.33. The lowest BCUT2D eigenvalue weighted by Gasteiger charge is -2.09. The van der Waals surface area contributed by atoms with E-state index in [-0.39, 0.29) is 0 Å². The SMILES string of the molecule is C=CC(Br)C[C@@H](C)CC. The molecule has 1 unspecified atom stereocenters. The summed E-state index contributed by atoms with van der Waals surface area (Å²) in [5.41, 5.74) is 0. The summed E-state index contributed by atoms with van der Waals surface area (Å²) in [4.78, 5) is 0.507. The molecule has 0 bridgehead atoms. The van der Waals surface area contributed by atoms with Crippen molar-refractivity contribution in [1.29, 1.82) is 0 Å². The first-order valence-electron chi connectivity index (χ1n) is 3.47. The first-order valence-corrected chi connectivity index (χ1v) is 4.38. The predicted molar refractivity (Wildman–Crippen MR) is 47.0 cm³/mol. The number of hydrogen-bond donors (Lipinski definition) is 0. The molecule has 0 aliphatic carbocycles. The molecule has 0 heterocycles. The van der Waals surface area contributed by atoms with Gasteiger partial charge in [0.15, 0.2) is 0 Å². The number of alkyl halides is 1. The Morgan fingerprint density at radius 1 is 1.67 bits per heavy atom. The minimum absolute atomic E-state index is 0.507.